The summed E-state index contributed by atoms with van der Waals surface area (Å²) in [4.78, 5) is 0. The minimum absolute atomic E-state index is 0.703. The van der Waals surface area contributed by atoms with E-state index in [-0.39, 0.29) is 0 Å². The van der Waals surface area contributed by atoms with Crippen LogP contribution in [0.5, 0.6) is 5.75 Å². The first-order valence-corrected chi connectivity index (χ1v) is 8.02. The predicted molar refractivity (Wildman–Crippen MR) is 83.8 cm³/mol. The number of ether oxygens (including phenoxy) is 1. The van der Waals surface area contributed by atoms with Gasteiger partial charge in [-0.2, -0.15) is 0 Å². The van der Waals surface area contributed by atoms with Crippen molar-refractivity contribution in [1.82, 2.24) is 5.32 Å². The molecule has 0 spiro atoms. The standard InChI is InChI=1S/C16H24BrNO/c1-18-14-6-4-3-5-12(10-14)9-13-7-8-16(19-2)15(17)11-13/h7-8,11-12,14,18H,3-6,9-10H2,1-2H3. The molecule has 2 atom stereocenters. The highest BCUT2D eigenvalue weighted by atomic mass is 79.9. The molecule has 0 heterocycles. The van der Waals surface area contributed by atoms with Crippen molar-refractivity contribution in [3.63, 3.8) is 0 Å². The SMILES string of the molecule is CNC1CCCCC(Cc2ccc(OC)c(Br)c2)C1. The zero-order chi connectivity index (χ0) is 13.7. The molecule has 1 saturated carbocycles. The van der Waals surface area contributed by atoms with Crippen LogP contribution in [0.2, 0.25) is 0 Å². The maximum absolute atomic E-state index is 5.29. The molecule has 19 heavy (non-hydrogen) atoms. The summed E-state index contributed by atoms with van der Waals surface area (Å²) < 4.78 is 6.35. The van der Waals surface area contributed by atoms with Gasteiger partial charge in [-0.25, -0.2) is 0 Å². The molecule has 3 heteroatoms. The van der Waals surface area contributed by atoms with Crippen molar-refractivity contribution in [3.8, 4) is 5.75 Å². The second-order valence-corrected chi connectivity index (χ2v) is 6.40. The van der Waals surface area contributed by atoms with Crippen LogP contribution in [0.25, 0.3) is 0 Å². The number of benzene rings is 1. The molecule has 2 nitrogen and oxygen atoms in total. The maximum Gasteiger partial charge on any atom is 0.133 e. The lowest BCUT2D eigenvalue weighted by atomic mass is 9.91. The number of nitrogens with one attached hydrogen (secondary N) is 1. The van der Waals surface area contributed by atoms with Gasteiger partial charge in [-0.1, -0.05) is 25.3 Å². The summed E-state index contributed by atoms with van der Waals surface area (Å²) >= 11 is 3.58. The molecule has 1 aliphatic rings. The number of hydrogen-bond donors (Lipinski definition) is 1. The molecular formula is C16H24BrNO. The average molecular weight is 326 g/mol. The summed E-state index contributed by atoms with van der Waals surface area (Å²) in [6.45, 7) is 0. The van der Waals surface area contributed by atoms with E-state index in [1.807, 2.05) is 0 Å². The first-order valence-electron chi connectivity index (χ1n) is 7.22. The summed E-state index contributed by atoms with van der Waals surface area (Å²) in [6.07, 6.45) is 7.93. The highest BCUT2D eigenvalue weighted by Crippen LogP contribution is 2.30. The average Bonchev–Trinajstić information content (AvgIpc) is 2.64. The van der Waals surface area contributed by atoms with Crippen molar-refractivity contribution in [3.05, 3.63) is 28.2 Å². The van der Waals surface area contributed by atoms with Crippen molar-refractivity contribution in [2.75, 3.05) is 14.2 Å². The van der Waals surface area contributed by atoms with Crippen molar-refractivity contribution >= 4 is 15.9 Å². The number of methoxy groups -OCH3 is 1. The molecule has 0 aliphatic heterocycles. The Morgan fingerprint density at radius 3 is 2.79 bits per heavy atom. The summed E-state index contributed by atoms with van der Waals surface area (Å²) in [5.74, 6) is 1.72. The molecule has 1 fully saturated rings. The minimum Gasteiger partial charge on any atom is -0.496 e. The van der Waals surface area contributed by atoms with Gasteiger partial charge in [0.25, 0.3) is 0 Å². The van der Waals surface area contributed by atoms with Gasteiger partial charge in [0.15, 0.2) is 0 Å². The minimum atomic E-state index is 0.703. The molecule has 0 radical (unpaired) electrons. The van der Waals surface area contributed by atoms with Gasteiger partial charge in [-0.3, -0.25) is 0 Å². The van der Waals surface area contributed by atoms with E-state index in [0.29, 0.717) is 6.04 Å². The van der Waals surface area contributed by atoms with Gasteiger partial charge in [-0.15, -0.1) is 0 Å². The molecule has 1 aliphatic carbocycles. The number of halogens is 1. The number of hydrogen-bond acceptors (Lipinski definition) is 2. The highest BCUT2D eigenvalue weighted by Gasteiger charge is 2.19. The molecule has 1 N–H and O–H groups in total. The van der Waals surface area contributed by atoms with Gasteiger partial charge in [0.05, 0.1) is 11.6 Å². The smallest absolute Gasteiger partial charge is 0.133 e. The van der Waals surface area contributed by atoms with Crippen LogP contribution in [0.15, 0.2) is 22.7 Å². The molecule has 1 aromatic carbocycles. The third-order valence-corrected chi connectivity index (χ3v) is 4.80. The maximum atomic E-state index is 5.29. The van der Waals surface area contributed by atoms with Gasteiger partial charge >= 0.3 is 0 Å². The molecule has 0 aromatic heterocycles. The van der Waals surface area contributed by atoms with E-state index in [1.54, 1.807) is 7.11 Å². The Balaban J connectivity index is 2.01. The van der Waals surface area contributed by atoms with Gasteiger partial charge < -0.3 is 10.1 Å². The van der Waals surface area contributed by atoms with Crippen molar-refractivity contribution in [2.24, 2.45) is 5.92 Å². The summed E-state index contributed by atoms with van der Waals surface area (Å²) in [5, 5.41) is 3.46. The third kappa shape index (κ3) is 4.22. The summed E-state index contributed by atoms with van der Waals surface area (Å²) in [6, 6.07) is 7.17. The lowest BCUT2D eigenvalue weighted by Crippen LogP contribution is -2.26. The summed E-state index contributed by atoms with van der Waals surface area (Å²) in [5.41, 5.74) is 1.41. The van der Waals surface area contributed by atoms with Crippen LogP contribution in [0.3, 0.4) is 0 Å². The largest absolute Gasteiger partial charge is 0.496 e. The monoisotopic (exact) mass is 325 g/mol. The molecule has 106 valence electrons. The van der Waals surface area contributed by atoms with Crippen LogP contribution in [0.1, 0.15) is 37.7 Å². The molecule has 0 amide bonds. The van der Waals surface area contributed by atoms with Gasteiger partial charge in [0, 0.05) is 6.04 Å². The molecule has 0 bridgehead atoms. The van der Waals surface area contributed by atoms with Crippen LogP contribution in [-0.4, -0.2) is 20.2 Å². The second kappa shape index (κ2) is 7.30. The Morgan fingerprint density at radius 1 is 1.32 bits per heavy atom. The topological polar surface area (TPSA) is 21.3 Å². The van der Waals surface area contributed by atoms with E-state index in [9.17, 15) is 0 Å². The van der Waals surface area contributed by atoms with Gasteiger partial charge in [0.1, 0.15) is 5.75 Å². The van der Waals surface area contributed by atoms with Crippen molar-refractivity contribution < 1.29 is 4.74 Å². The lowest BCUT2D eigenvalue weighted by Gasteiger charge is -2.20. The first-order chi connectivity index (χ1) is 9.22. The van der Waals surface area contributed by atoms with Crippen molar-refractivity contribution in [1.29, 1.82) is 0 Å². The molecular weight excluding hydrogens is 302 g/mol. The Hall–Kier alpha value is -0.540. The Labute approximate surface area is 125 Å². The van der Waals surface area contributed by atoms with E-state index in [2.05, 4.69) is 46.5 Å². The quantitative estimate of drug-likeness (QED) is 0.839. The van der Waals surface area contributed by atoms with Crippen LogP contribution in [0.4, 0.5) is 0 Å². The summed E-state index contributed by atoms with van der Waals surface area (Å²) in [7, 11) is 3.81. The van der Waals surface area contributed by atoms with Crippen molar-refractivity contribution in [2.45, 2.75) is 44.6 Å². The van der Waals surface area contributed by atoms with E-state index < -0.39 is 0 Å². The van der Waals surface area contributed by atoms with E-state index >= 15 is 0 Å². The Bertz CT molecular complexity index is 408. The fourth-order valence-corrected chi connectivity index (χ4v) is 3.67. The van der Waals surface area contributed by atoms with Gasteiger partial charge in [-0.05, 0) is 65.9 Å². The zero-order valence-electron chi connectivity index (χ0n) is 11.9. The first kappa shape index (κ1) is 14.9. The van der Waals surface area contributed by atoms with E-state index in [4.69, 9.17) is 4.74 Å². The predicted octanol–water partition coefficient (Wildman–Crippen LogP) is 4.17. The van der Waals surface area contributed by atoms with E-state index in [0.717, 1.165) is 16.1 Å². The fraction of sp³-hybridized carbons (Fsp3) is 0.625. The number of rotatable bonds is 4. The normalized spacial score (nSPS) is 23.9. The molecule has 2 rings (SSSR count). The third-order valence-electron chi connectivity index (χ3n) is 4.18. The molecule has 1 aromatic rings. The fourth-order valence-electron chi connectivity index (χ4n) is 3.08. The Morgan fingerprint density at radius 2 is 2.11 bits per heavy atom. The van der Waals surface area contributed by atoms with Crippen LogP contribution in [0, 0.1) is 5.92 Å². The zero-order valence-corrected chi connectivity index (χ0v) is 13.5. The molecule has 0 saturated heterocycles. The molecule has 2 unspecified atom stereocenters. The van der Waals surface area contributed by atoms with Crippen LogP contribution < -0.4 is 10.1 Å². The highest BCUT2D eigenvalue weighted by molar-refractivity contribution is 9.10. The Kier molecular flexibility index (Phi) is 5.71. The van der Waals surface area contributed by atoms with Crippen LogP contribution in [-0.2, 0) is 6.42 Å². The van der Waals surface area contributed by atoms with Gasteiger partial charge in [0.2, 0.25) is 0 Å². The van der Waals surface area contributed by atoms with Crippen LogP contribution >= 0.6 is 15.9 Å². The van der Waals surface area contributed by atoms with E-state index in [1.165, 1.54) is 44.1 Å². The lowest BCUT2D eigenvalue weighted by molar-refractivity contribution is 0.398. The second-order valence-electron chi connectivity index (χ2n) is 5.54.